The van der Waals surface area contributed by atoms with Crippen molar-refractivity contribution in [2.24, 2.45) is 0 Å². The van der Waals surface area contributed by atoms with Crippen molar-refractivity contribution in [1.82, 2.24) is 19.5 Å². The van der Waals surface area contributed by atoms with Crippen molar-refractivity contribution in [3.63, 3.8) is 0 Å². The molecule has 0 saturated carbocycles. The highest BCUT2D eigenvalue weighted by Gasteiger charge is 2.25. The Morgan fingerprint density at radius 1 is 1.59 bits per heavy atom. The van der Waals surface area contributed by atoms with Crippen LogP contribution < -0.4 is 11.3 Å². The minimum Gasteiger partial charge on any atom is -0.369 e. The van der Waals surface area contributed by atoms with E-state index in [0.717, 1.165) is 12.8 Å². The quantitative estimate of drug-likeness (QED) is 0.745. The predicted octanol–water partition coefficient (Wildman–Crippen LogP) is 0.399. The van der Waals surface area contributed by atoms with Gasteiger partial charge in [-0.3, -0.25) is 14.3 Å². The molecule has 7 nitrogen and oxygen atoms in total. The number of fused-ring (bicyclic) bond motifs is 1. The van der Waals surface area contributed by atoms with Crippen LogP contribution in [0.2, 0.25) is 0 Å². The molecule has 0 aliphatic carbocycles. The summed E-state index contributed by atoms with van der Waals surface area (Å²) in [5.41, 5.74) is 5.98. The molecule has 90 valence electrons. The molecule has 3 heterocycles. The summed E-state index contributed by atoms with van der Waals surface area (Å²) in [5, 5.41) is 0. The maximum Gasteiger partial charge on any atom is 0.280 e. The van der Waals surface area contributed by atoms with Crippen molar-refractivity contribution in [3.05, 3.63) is 16.7 Å². The summed E-state index contributed by atoms with van der Waals surface area (Å²) in [6, 6.07) is 0. The Morgan fingerprint density at radius 2 is 2.41 bits per heavy atom. The molecule has 1 aliphatic heterocycles. The number of aromatic amines is 1. The SMILES string of the molecule is CC1CCC(n2cnc3c(=O)[nH]c(N)nc32)O1. The first-order valence-corrected chi connectivity index (χ1v) is 5.53. The van der Waals surface area contributed by atoms with Crippen molar-refractivity contribution in [2.45, 2.75) is 32.1 Å². The van der Waals surface area contributed by atoms with E-state index in [4.69, 9.17) is 10.5 Å². The van der Waals surface area contributed by atoms with Crippen molar-refractivity contribution in [1.29, 1.82) is 0 Å². The smallest absolute Gasteiger partial charge is 0.280 e. The Hall–Kier alpha value is -1.89. The minimum absolute atomic E-state index is 0.0929. The number of hydrogen-bond acceptors (Lipinski definition) is 5. The molecule has 0 spiro atoms. The van der Waals surface area contributed by atoms with Gasteiger partial charge in [-0.25, -0.2) is 4.98 Å². The molecule has 2 aromatic heterocycles. The standard InChI is InChI=1S/C10H13N5O2/c1-5-2-3-6(17-5)15-4-12-7-8(15)13-10(11)14-9(7)16/h4-6H,2-3H2,1H3,(H3,11,13,14,16). The molecule has 2 unspecified atom stereocenters. The van der Waals surface area contributed by atoms with E-state index in [2.05, 4.69) is 15.0 Å². The summed E-state index contributed by atoms with van der Waals surface area (Å²) in [5.74, 6) is 0.0929. The normalized spacial score (nSPS) is 24.5. The molecule has 1 aliphatic rings. The van der Waals surface area contributed by atoms with Crippen LogP contribution in [0.3, 0.4) is 0 Å². The lowest BCUT2D eigenvalue weighted by atomic mass is 10.2. The molecule has 2 atom stereocenters. The number of nitrogen functional groups attached to an aromatic ring is 1. The number of ether oxygens (including phenoxy) is 1. The van der Waals surface area contributed by atoms with Gasteiger partial charge in [-0.2, -0.15) is 4.98 Å². The number of imidazole rings is 1. The second kappa shape index (κ2) is 3.56. The van der Waals surface area contributed by atoms with E-state index in [1.807, 2.05) is 6.92 Å². The van der Waals surface area contributed by atoms with Crippen LogP contribution in [0.5, 0.6) is 0 Å². The molecule has 3 rings (SSSR count). The van der Waals surface area contributed by atoms with E-state index in [1.54, 1.807) is 10.9 Å². The summed E-state index contributed by atoms with van der Waals surface area (Å²) in [6.07, 6.45) is 3.57. The molecule has 0 aromatic carbocycles. The lowest BCUT2D eigenvalue weighted by Gasteiger charge is -2.12. The summed E-state index contributed by atoms with van der Waals surface area (Å²) < 4.78 is 7.49. The molecule has 0 radical (unpaired) electrons. The molecule has 0 amide bonds. The lowest BCUT2D eigenvalue weighted by Crippen LogP contribution is -2.14. The molecular formula is C10H13N5O2. The number of aromatic nitrogens is 4. The average molecular weight is 235 g/mol. The molecule has 3 N–H and O–H groups in total. The summed E-state index contributed by atoms with van der Waals surface area (Å²) in [7, 11) is 0. The monoisotopic (exact) mass is 235 g/mol. The van der Waals surface area contributed by atoms with E-state index >= 15 is 0 Å². The zero-order valence-corrected chi connectivity index (χ0v) is 9.38. The Morgan fingerprint density at radius 3 is 3.12 bits per heavy atom. The number of rotatable bonds is 1. The maximum absolute atomic E-state index is 11.6. The Labute approximate surface area is 96.6 Å². The van der Waals surface area contributed by atoms with Crippen LogP contribution in [0.4, 0.5) is 5.95 Å². The van der Waals surface area contributed by atoms with Crippen molar-refractivity contribution in [3.8, 4) is 0 Å². The fourth-order valence-corrected chi connectivity index (χ4v) is 2.14. The zero-order valence-electron chi connectivity index (χ0n) is 9.38. The van der Waals surface area contributed by atoms with Crippen molar-refractivity contribution in [2.75, 3.05) is 5.73 Å². The number of anilines is 1. The van der Waals surface area contributed by atoms with Gasteiger partial charge in [-0.1, -0.05) is 0 Å². The minimum atomic E-state index is -0.322. The summed E-state index contributed by atoms with van der Waals surface area (Å²) >= 11 is 0. The largest absolute Gasteiger partial charge is 0.369 e. The molecular weight excluding hydrogens is 222 g/mol. The first-order chi connectivity index (χ1) is 8.15. The van der Waals surface area contributed by atoms with Crippen LogP contribution in [0.15, 0.2) is 11.1 Å². The molecule has 2 aromatic rings. The van der Waals surface area contributed by atoms with Gasteiger partial charge in [0.2, 0.25) is 5.95 Å². The Kier molecular flexibility index (Phi) is 2.15. The Balaban J connectivity index is 2.15. The number of nitrogens with zero attached hydrogens (tertiary/aromatic N) is 3. The van der Waals surface area contributed by atoms with E-state index in [1.165, 1.54) is 0 Å². The third-order valence-electron chi connectivity index (χ3n) is 2.97. The van der Waals surface area contributed by atoms with Gasteiger partial charge in [0.1, 0.15) is 6.23 Å². The van der Waals surface area contributed by atoms with Crippen molar-refractivity contribution < 1.29 is 4.74 Å². The second-order valence-electron chi connectivity index (χ2n) is 4.25. The van der Waals surface area contributed by atoms with Gasteiger partial charge < -0.3 is 10.5 Å². The zero-order chi connectivity index (χ0) is 12.0. The van der Waals surface area contributed by atoms with Gasteiger partial charge in [0.15, 0.2) is 11.2 Å². The second-order valence-corrected chi connectivity index (χ2v) is 4.25. The Bertz CT molecular complexity index is 617. The summed E-state index contributed by atoms with van der Waals surface area (Å²) in [4.78, 5) is 22.2. The van der Waals surface area contributed by atoms with Crippen molar-refractivity contribution >= 4 is 17.1 Å². The number of nitrogens with one attached hydrogen (secondary N) is 1. The lowest BCUT2D eigenvalue weighted by molar-refractivity contribution is 0.0132. The fourth-order valence-electron chi connectivity index (χ4n) is 2.14. The predicted molar refractivity (Wildman–Crippen MR) is 61.4 cm³/mol. The van der Waals surface area contributed by atoms with E-state index in [9.17, 15) is 4.79 Å². The molecule has 0 bridgehead atoms. The van der Waals surface area contributed by atoms with Gasteiger partial charge in [0.05, 0.1) is 12.4 Å². The highest BCUT2D eigenvalue weighted by molar-refractivity contribution is 5.70. The van der Waals surface area contributed by atoms with Crippen LogP contribution >= 0.6 is 0 Å². The summed E-state index contributed by atoms with van der Waals surface area (Å²) in [6.45, 7) is 2.02. The van der Waals surface area contributed by atoms with Crippen LogP contribution in [0, 0.1) is 0 Å². The fraction of sp³-hybridized carbons (Fsp3) is 0.500. The number of hydrogen-bond donors (Lipinski definition) is 2. The van der Waals surface area contributed by atoms with Gasteiger partial charge in [0.25, 0.3) is 5.56 Å². The first-order valence-electron chi connectivity index (χ1n) is 5.53. The average Bonchev–Trinajstić information content (AvgIpc) is 2.83. The topological polar surface area (TPSA) is 98.8 Å². The van der Waals surface area contributed by atoms with E-state index < -0.39 is 0 Å². The molecule has 1 saturated heterocycles. The highest BCUT2D eigenvalue weighted by Crippen LogP contribution is 2.29. The van der Waals surface area contributed by atoms with Crippen LogP contribution in [0.25, 0.3) is 11.2 Å². The van der Waals surface area contributed by atoms with Crippen LogP contribution in [0.1, 0.15) is 26.0 Å². The molecule has 17 heavy (non-hydrogen) atoms. The van der Waals surface area contributed by atoms with E-state index in [-0.39, 0.29) is 23.8 Å². The van der Waals surface area contributed by atoms with Gasteiger partial charge >= 0.3 is 0 Å². The third kappa shape index (κ3) is 1.59. The van der Waals surface area contributed by atoms with Crippen LogP contribution in [-0.2, 0) is 4.74 Å². The number of H-pyrrole nitrogens is 1. The first kappa shape index (κ1) is 10.3. The van der Waals surface area contributed by atoms with Crippen LogP contribution in [-0.4, -0.2) is 25.6 Å². The van der Waals surface area contributed by atoms with Gasteiger partial charge in [0, 0.05) is 0 Å². The van der Waals surface area contributed by atoms with Gasteiger partial charge in [-0.05, 0) is 19.8 Å². The van der Waals surface area contributed by atoms with Gasteiger partial charge in [-0.15, -0.1) is 0 Å². The molecule has 1 fully saturated rings. The van der Waals surface area contributed by atoms with E-state index in [0.29, 0.717) is 11.2 Å². The molecule has 7 heteroatoms. The third-order valence-corrected chi connectivity index (χ3v) is 2.97. The highest BCUT2D eigenvalue weighted by atomic mass is 16.5. The number of nitrogens with two attached hydrogens (primary N) is 1. The maximum atomic E-state index is 11.6.